The fourth-order valence-electron chi connectivity index (χ4n) is 1.12. The van der Waals surface area contributed by atoms with E-state index in [2.05, 4.69) is 4.84 Å². The highest BCUT2D eigenvalue weighted by Gasteiger charge is 2.17. The third-order valence-corrected chi connectivity index (χ3v) is 1.93. The molecule has 0 aliphatic carbocycles. The Morgan fingerprint density at radius 2 is 2.00 bits per heavy atom. The van der Waals surface area contributed by atoms with Crippen molar-refractivity contribution in [2.45, 2.75) is 20.0 Å². The second-order valence-electron chi connectivity index (χ2n) is 2.87. The van der Waals surface area contributed by atoms with Crippen LogP contribution in [-0.4, -0.2) is 0 Å². The van der Waals surface area contributed by atoms with Gasteiger partial charge in [-0.15, -0.1) is 0 Å². The molecule has 2 nitrogen and oxygen atoms in total. The molecule has 1 unspecified atom stereocenters. The number of nitrogens with two attached hydrogens (primary N) is 1. The molecule has 1 aromatic carbocycles. The Labute approximate surface area is 75.3 Å². The summed E-state index contributed by atoms with van der Waals surface area (Å²) in [4.78, 5) is 4.37. The minimum Gasteiger partial charge on any atom is -0.297 e. The lowest BCUT2D eigenvalue weighted by atomic mass is 10.1. The maximum absolute atomic E-state index is 13.3. The van der Waals surface area contributed by atoms with Crippen LogP contribution in [-0.2, 0) is 4.84 Å². The Morgan fingerprint density at radius 3 is 2.54 bits per heavy atom. The van der Waals surface area contributed by atoms with Gasteiger partial charge in [0.25, 0.3) is 0 Å². The van der Waals surface area contributed by atoms with Crippen molar-refractivity contribution in [2.24, 2.45) is 5.90 Å². The molecule has 0 amide bonds. The first-order valence-corrected chi connectivity index (χ1v) is 3.88. The van der Waals surface area contributed by atoms with Crippen LogP contribution in [0.5, 0.6) is 0 Å². The molecule has 1 rings (SSSR count). The highest BCUT2D eigenvalue weighted by Crippen LogP contribution is 2.24. The molecule has 0 fully saturated rings. The smallest absolute Gasteiger partial charge is 0.134 e. The van der Waals surface area contributed by atoms with Gasteiger partial charge in [-0.05, 0) is 25.5 Å². The Morgan fingerprint density at radius 1 is 1.38 bits per heavy atom. The molecule has 4 heteroatoms. The lowest BCUT2D eigenvalue weighted by Gasteiger charge is -2.12. The number of aryl methyl sites for hydroxylation is 1. The van der Waals surface area contributed by atoms with Crippen LogP contribution in [0.15, 0.2) is 12.1 Å². The second kappa shape index (κ2) is 3.81. The number of hydrogen-bond acceptors (Lipinski definition) is 2. The summed E-state index contributed by atoms with van der Waals surface area (Å²) < 4.78 is 26.4. The number of hydrogen-bond donors (Lipinski definition) is 1. The van der Waals surface area contributed by atoms with Crippen molar-refractivity contribution in [2.75, 3.05) is 0 Å². The fraction of sp³-hybridized carbons (Fsp3) is 0.333. The van der Waals surface area contributed by atoms with Crippen LogP contribution in [0.25, 0.3) is 0 Å². The molecule has 0 saturated heterocycles. The van der Waals surface area contributed by atoms with E-state index >= 15 is 0 Å². The molecule has 1 aromatic rings. The standard InChI is InChI=1S/C9H11F2NO/c1-5-3-4-7(10)8(9(5)11)6(2)13-12/h3-4,6H,12H2,1-2H3. The van der Waals surface area contributed by atoms with E-state index in [1.165, 1.54) is 19.1 Å². The van der Waals surface area contributed by atoms with E-state index in [-0.39, 0.29) is 5.56 Å². The van der Waals surface area contributed by atoms with E-state index in [1.807, 2.05) is 0 Å². The van der Waals surface area contributed by atoms with Crippen molar-refractivity contribution in [3.8, 4) is 0 Å². The summed E-state index contributed by atoms with van der Waals surface area (Å²) in [5.74, 6) is 3.62. The Hall–Kier alpha value is -1.00. The molecule has 0 aliphatic heterocycles. The van der Waals surface area contributed by atoms with Crippen molar-refractivity contribution in [3.63, 3.8) is 0 Å². The molecule has 72 valence electrons. The molecule has 1 atom stereocenters. The SMILES string of the molecule is Cc1ccc(F)c(C(C)ON)c1F. The van der Waals surface area contributed by atoms with Crippen LogP contribution in [0.2, 0.25) is 0 Å². The van der Waals surface area contributed by atoms with Crippen molar-refractivity contribution in [3.05, 3.63) is 34.9 Å². The van der Waals surface area contributed by atoms with Gasteiger partial charge in [0.1, 0.15) is 17.7 Å². The highest BCUT2D eigenvalue weighted by atomic mass is 19.1. The zero-order chi connectivity index (χ0) is 10.0. The predicted octanol–water partition coefficient (Wildman–Crippen LogP) is 2.22. The van der Waals surface area contributed by atoms with Gasteiger partial charge < -0.3 is 0 Å². The number of benzene rings is 1. The van der Waals surface area contributed by atoms with Gasteiger partial charge in [0.05, 0.1) is 5.56 Å². The van der Waals surface area contributed by atoms with E-state index < -0.39 is 17.7 Å². The fourth-order valence-corrected chi connectivity index (χ4v) is 1.12. The summed E-state index contributed by atoms with van der Waals surface area (Å²) in [5.41, 5.74) is 0.253. The van der Waals surface area contributed by atoms with Crippen LogP contribution < -0.4 is 5.90 Å². The quantitative estimate of drug-likeness (QED) is 0.720. The van der Waals surface area contributed by atoms with Crippen LogP contribution in [0.3, 0.4) is 0 Å². The molecule has 0 saturated carbocycles. The Bertz CT molecular complexity index is 315. The van der Waals surface area contributed by atoms with Crippen molar-refractivity contribution in [1.82, 2.24) is 0 Å². The van der Waals surface area contributed by atoms with E-state index in [4.69, 9.17) is 5.90 Å². The van der Waals surface area contributed by atoms with Gasteiger partial charge in [0.15, 0.2) is 0 Å². The Balaban J connectivity index is 3.25. The largest absolute Gasteiger partial charge is 0.297 e. The van der Waals surface area contributed by atoms with Crippen molar-refractivity contribution in [1.29, 1.82) is 0 Å². The summed E-state index contributed by atoms with van der Waals surface area (Å²) in [7, 11) is 0. The molecular weight excluding hydrogens is 176 g/mol. The van der Waals surface area contributed by atoms with Crippen molar-refractivity contribution >= 4 is 0 Å². The summed E-state index contributed by atoms with van der Waals surface area (Å²) in [6, 6.07) is 2.57. The number of rotatable bonds is 2. The summed E-state index contributed by atoms with van der Waals surface area (Å²) >= 11 is 0. The summed E-state index contributed by atoms with van der Waals surface area (Å²) in [6.45, 7) is 3.04. The molecule has 0 aromatic heterocycles. The van der Waals surface area contributed by atoms with Gasteiger partial charge in [-0.2, -0.15) is 0 Å². The maximum atomic E-state index is 13.3. The van der Waals surface area contributed by atoms with Gasteiger partial charge in [-0.1, -0.05) is 6.07 Å². The lowest BCUT2D eigenvalue weighted by molar-refractivity contribution is 0.0610. The minimum absolute atomic E-state index is 0.123. The minimum atomic E-state index is -0.778. The van der Waals surface area contributed by atoms with Gasteiger partial charge in [-0.25, -0.2) is 14.7 Å². The second-order valence-corrected chi connectivity index (χ2v) is 2.87. The molecule has 0 spiro atoms. The normalized spacial score (nSPS) is 13.0. The molecule has 2 N–H and O–H groups in total. The first kappa shape index (κ1) is 10.1. The zero-order valence-electron chi connectivity index (χ0n) is 7.47. The first-order chi connectivity index (χ1) is 6.07. The predicted molar refractivity (Wildman–Crippen MR) is 44.8 cm³/mol. The van der Waals surface area contributed by atoms with E-state index in [9.17, 15) is 8.78 Å². The third-order valence-electron chi connectivity index (χ3n) is 1.93. The zero-order valence-corrected chi connectivity index (χ0v) is 7.47. The Kier molecular flexibility index (Phi) is 2.95. The maximum Gasteiger partial charge on any atom is 0.134 e. The lowest BCUT2D eigenvalue weighted by Crippen LogP contribution is -2.10. The molecule has 0 heterocycles. The van der Waals surface area contributed by atoms with Crippen LogP contribution in [0.4, 0.5) is 8.78 Å². The van der Waals surface area contributed by atoms with Gasteiger partial charge in [0, 0.05) is 0 Å². The van der Waals surface area contributed by atoms with Gasteiger partial charge >= 0.3 is 0 Å². The highest BCUT2D eigenvalue weighted by molar-refractivity contribution is 5.28. The molecular formula is C9H11F2NO. The van der Waals surface area contributed by atoms with Crippen molar-refractivity contribution < 1.29 is 13.6 Å². The summed E-state index contributed by atoms with van der Waals surface area (Å²) in [5, 5.41) is 0. The molecule has 0 radical (unpaired) electrons. The molecule has 0 aliphatic rings. The van der Waals surface area contributed by atoms with E-state index in [0.29, 0.717) is 5.56 Å². The summed E-state index contributed by atoms with van der Waals surface area (Å²) in [6.07, 6.45) is -0.778. The average Bonchev–Trinajstić information content (AvgIpc) is 2.12. The topological polar surface area (TPSA) is 35.2 Å². The van der Waals surface area contributed by atoms with Crippen LogP contribution in [0, 0.1) is 18.6 Å². The molecule has 13 heavy (non-hydrogen) atoms. The van der Waals surface area contributed by atoms with E-state index in [1.54, 1.807) is 6.92 Å². The third kappa shape index (κ3) is 1.84. The van der Waals surface area contributed by atoms with Gasteiger partial charge in [-0.3, -0.25) is 4.84 Å². The first-order valence-electron chi connectivity index (χ1n) is 3.88. The van der Waals surface area contributed by atoms with Crippen LogP contribution >= 0.6 is 0 Å². The van der Waals surface area contributed by atoms with Gasteiger partial charge in [0.2, 0.25) is 0 Å². The average molecular weight is 187 g/mol. The number of halogens is 2. The monoisotopic (exact) mass is 187 g/mol. The van der Waals surface area contributed by atoms with E-state index in [0.717, 1.165) is 0 Å². The molecule has 0 bridgehead atoms. The van der Waals surface area contributed by atoms with Crippen LogP contribution in [0.1, 0.15) is 24.2 Å².